The van der Waals surface area contributed by atoms with Gasteiger partial charge in [-0.25, -0.2) is 8.78 Å². The van der Waals surface area contributed by atoms with E-state index >= 15 is 0 Å². The van der Waals surface area contributed by atoms with E-state index in [2.05, 4.69) is 0 Å². The lowest BCUT2D eigenvalue weighted by Crippen LogP contribution is -2.20. The molecule has 2 rings (SSSR count). The topological polar surface area (TPSA) is 46.2 Å². The lowest BCUT2D eigenvalue weighted by Gasteiger charge is -2.23. The molecule has 0 aliphatic rings. The van der Waals surface area contributed by atoms with E-state index in [-0.39, 0.29) is 16.6 Å². The van der Waals surface area contributed by atoms with Gasteiger partial charge in [-0.05, 0) is 35.4 Å². The minimum Gasteiger partial charge on any atom is -0.388 e. The third-order valence-corrected chi connectivity index (χ3v) is 3.92. The average molecular weight is 332 g/mol. The molecule has 0 saturated carbocycles. The fourth-order valence-electron chi connectivity index (χ4n) is 2.16. The minimum atomic E-state index is -1.08. The Morgan fingerprint density at radius 3 is 2.33 bits per heavy atom. The van der Waals surface area contributed by atoms with Crippen LogP contribution in [0.5, 0.6) is 0 Å². The van der Waals surface area contributed by atoms with Crippen molar-refractivity contribution in [2.75, 3.05) is 6.54 Å². The number of aliphatic hydroxyl groups is 1. The van der Waals surface area contributed by atoms with Crippen LogP contribution in [0.2, 0.25) is 10.0 Å². The summed E-state index contributed by atoms with van der Waals surface area (Å²) in [6, 6.07) is 7.86. The summed E-state index contributed by atoms with van der Waals surface area (Å²) in [5.41, 5.74) is 6.52. The Kier molecular flexibility index (Phi) is 5.17. The second kappa shape index (κ2) is 6.71. The first-order chi connectivity index (χ1) is 9.93. The smallest absolute Gasteiger partial charge is 0.142 e. The van der Waals surface area contributed by atoms with Gasteiger partial charge in [0.25, 0.3) is 0 Å². The van der Waals surface area contributed by atoms with Crippen molar-refractivity contribution >= 4 is 23.2 Å². The average Bonchev–Trinajstić information content (AvgIpc) is 2.44. The van der Waals surface area contributed by atoms with E-state index in [4.69, 9.17) is 28.9 Å². The first kappa shape index (κ1) is 16.2. The standard InChI is InChI=1S/C15H13Cl2F2NO/c16-12-4-1-8(5-14(12)19)15(21)11(7-20)10-3-2-9(18)6-13(10)17/h1-6,11,15,21H,7,20H2. The summed E-state index contributed by atoms with van der Waals surface area (Å²) in [7, 11) is 0. The Bertz CT molecular complexity index is 652. The van der Waals surface area contributed by atoms with Gasteiger partial charge in [0, 0.05) is 17.5 Å². The molecule has 2 aromatic rings. The molecule has 0 aliphatic heterocycles. The Morgan fingerprint density at radius 2 is 1.76 bits per heavy atom. The van der Waals surface area contributed by atoms with Gasteiger partial charge in [0.2, 0.25) is 0 Å². The summed E-state index contributed by atoms with van der Waals surface area (Å²) in [4.78, 5) is 0. The lowest BCUT2D eigenvalue weighted by molar-refractivity contribution is 0.147. The Morgan fingerprint density at radius 1 is 1.05 bits per heavy atom. The fraction of sp³-hybridized carbons (Fsp3) is 0.200. The zero-order valence-corrected chi connectivity index (χ0v) is 12.4. The van der Waals surface area contributed by atoms with E-state index < -0.39 is 23.7 Å². The van der Waals surface area contributed by atoms with Crippen molar-refractivity contribution in [3.8, 4) is 0 Å². The third-order valence-electron chi connectivity index (χ3n) is 3.28. The van der Waals surface area contributed by atoms with Gasteiger partial charge in [-0.15, -0.1) is 0 Å². The first-order valence-electron chi connectivity index (χ1n) is 6.22. The number of halogens is 4. The van der Waals surface area contributed by atoms with Crippen LogP contribution in [0, 0.1) is 11.6 Å². The van der Waals surface area contributed by atoms with Crippen LogP contribution in [-0.4, -0.2) is 11.7 Å². The van der Waals surface area contributed by atoms with E-state index in [0.29, 0.717) is 11.1 Å². The van der Waals surface area contributed by atoms with Gasteiger partial charge in [0.1, 0.15) is 11.6 Å². The predicted octanol–water partition coefficient (Wildman–Crippen LogP) is 4.05. The maximum Gasteiger partial charge on any atom is 0.142 e. The van der Waals surface area contributed by atoms with Crippen molar-refractivity contribution < 1.29 is 13.9 Å². The van der Waals surface area contributed by atoms with Crippen LogP contribution < -0.4 is 5.73 Å². The highest BCUT2D eigenvalue weighted by Crippen LogP contribution is 2.35. The monoisotopic (exact) mass is 331 g/mol. The van der Waals surface area contributed by atoms with Crippen molar-refractivity contribution in [1.29, 1.82) is 0 Å². The Labute approximate surface area is 131 Å². The van der Waals surface area contributed by atoms with Gasteiger partial charge in [-0.3, -0.25) is 0 Å². The number of nitrogens with two attached hydrogens (primary N) is 1. The zero-order chi connectivity index (χ0) is 15.6. The summed E-state index contributed by atoms with van der Waals surface area (Å²) in [6.07, 6.45) is -1.08. The Hall–Kier alpha value is -1.20. The summed E-state index contributed by atoms with van der Waals surface area (Å²) in [5, 5.41) is 10.5. The molecule has 2 unspecified atom stereocenters. The molecule has 112 valence electrons. The predicted molar refractivity (Wildman–Crippen MR) is 79.6 cm³/mol. The third kappa shape index (κ3) is 3.52. The minimum absolute atomic E-state index is 0.0323. The highest BCUT2D eigenvalue weighted by atomic mass is 35.5. The molecular formula is C15H13Cl2F2NO. The van der Waals surface area contributed by atoms with Crippen LogP contribution >= 0.6 is 23.2 Å². The summed E-state index contributed by atoms with van der Waals surface area (Å²) in [6.45, 7) is 0.0662. The number of rotatable bonds is 4. The lowest BCUT2D eigenvalue weighted by atomic mass is 9.89. The van der Waals surface area contributed by atoms with Crippen molar-refractivity contribution in [3.63, 3.8) is 0 Å². The van der Waals surface area contributed by atoms with Crippen molar-refractivity contribution in [1.82, 2.24) is 0 Å². The zero-order valence-electron chi connectivity index (χ0n) is 10.9. The SMILES string of the molecule is NCC(c1ccc(F)cc1Cl)C(O)c1ccc(Cl)c(F)c1. The summed E-state index contributed by atoms with van der Waals surface area (Å²) >= 11 is 11.6. The molecule has 2 nitrogen and oxygen atoms in total. The van der Waals surface area contributed by atoms with Gasteiger partial charge in [-0.2, -0.15) is 0 Å². The molecule has 0 spiro atoms. The summed E-state index contributed by atoms with van der Waals surface area (Å²) < 4.78 is 26.6. The van der Waals surface area contributed by atoms with Crippen LogP contribution in [0.4, 0.5) is 8.78 Å². The normalized spacial score (nSPS) is 14.0. The number of hydrogen-bond donors (Lipinski definition) is 2. The van der Waals surface area contributed by atoms with Gasteiger partial charge >= 0.3 is 0 Å². The molecule has 0 heterocycles. The second-order valence-electron chi connectivity index (χ2n) is 4.63. The number of hydrogen-bond acceptors (Lipinski definition) is 2. The number of aliphatic hydroxyl groups excluding tert-OH is 1. The van der Waals surface area contributed by atoms with E-state index in [0.717, 1.165) is 12.1 Å². The Balaban J connectivity index is 2.37. The molecule has 0 aromatic heterocycles. The molecule has 0 fully saturated rings. The largest absolute Gasteiger partial charge is 0.388 e. The second-order valence-corrected chi connectivity index (χ2v) is 5.44. The maximum absolute atomic E-state index is 13.5. The number of benzene rings is 2. The van der Waals surface area contributed by atoms with Gasteiger partial charge in [0.15, 0.2) is 0 Å². The molecule has 0 radical (unpaired) electrons. The van der Waals surface area contributed by atoms with E-state index in [1.54, 1.807) is 0 Å². The molecule has 2 atom stereocenters. The van der Waals surface area contributed by atoms with Gasteiger partial charge in [0.05, 0.1) is 11.1 Å². The van der Waals surface area contributed by atoms with Crippen LogP contribution in [0.1, 0.15) is 23.1 Å². The van der Waals surface area contributed by atoms with Gasteiger partial charge < -0.3 is 10.8 Å². The fourth-order valence-corrected chi connectivity index (χ4v) is 2.58. The molecule has 0 amide bonds. The van der Waals surface area contributed by atoms with Crippen molar-refractivity contribution in [3.05, 3.63) is 69.2 Å². The van der Waals surface area contributed by atoms with Crippen molar-refractivity contribution in [2.45, 2.75) is 12.0 Å². The molecule has 0 aliphatic carbocycles. The molecular weight excluding hydrogens is 319 g/mol. The first-order valence-corrected chi connectivity index (χ1v) is 6.97. The highest BCUT2D eigenvalue weighted by Gasteiger charge is 2.24. The molecule has 0 bridgehead atoms. The van der Waals surface area contributed by atoms with Crippen LogP contribution in [-0.2, 0) is 0 Å². The van der Waals surface area contributed by atoms with Gasteiger partial charge in [-0.1, -0.05) is 35.3 Å². The molecule has 3 N–H and O–H groups in total. The van der Waals surface area contributed by atoms with Crippen LogP contribution in [0.3, 0.4) is 0 Å². The molecule has 0 saturated heterocycles. The van der Waals surface area contributed by atoms with E-state index in [9.17, 15) is 13.9 Å². The maximum atomic E-state index is 13.5. The molecule has 2 aromatic carbocycles. The van der Waals surface area contributed by atoms with E-state index in [1.165, 1.54) is 24.3 Å². The van der Waals surface area contributed by atoms with Crippen LogP contribution in [0.15, 0.2) is 36.4 Å². The highest BCUT2D eigenvalue weighted by molar-refractivity contribution is 6.31. The molecule has 6 heteroatoms. The quantitative estimate of drug-likeness (QED) is 0.887. The molecule has 21 heavy (non-hydrogen) atoms. The summed E-state index contributed by atoms with van der Waals surface area (Å²) in [5.74, 6) is -1.69. The van der Waals surface area contributed by atoms with Crippen molar-refractivity contribution in [2.24, 2.45) is 5.73 Å². The van der Waals surface area contributed by atoms with Crippen LogP contribution in [0.25, 0.3) is 0 Å². The van der Waals surface area contributed by atoms with E-state index in [1.807, 2.05) is 0 Å².